The van der Waals surface area contributed by atoms with E-state index in [4.69, 9.17) is 4.74 Å². The Morgan fingerprint density at radius 2 is 2.40 bits per heavy atom. The Morgan fingerprint density at radius 1 is 1.53 bits per heavy atom. The number of carbonyl (C=O) groups is 1. The van der Waals surface area contributed by atoms with E-state index >= 15 is 0 Å². The van der Waals surface area contributed by atoms with Gasteiger partial charge >= 0.3 is 0 Å². The first-order valence-electron chi connectivity index (χ1n) is 5.93. The van der Waals surface area contributed by atoms with Crippen molar-refractivity contribution >= 4 is 5.91 Å². The summed E-state index contributed by atoms with van der Waals surface area (Å²) in [5.74, 6) is 0.142. The van der Waals surface area contributed by atoms with Crippen molar-refractivity contribution in [3.05, 3.63) is 0 Å². The van der Waals surface area contributed by atoms with Crippen LogP contribution in [-0.2, 0) is 9.53 Å². The van der Waals surface area contributed by atoms with Crippen molar-refractivity contribution < 1.29 is 9.53 Å². The summed E-state index contributed by atoms with van der Waals surface area (Å²) < 4.78 is 5.32. The first-order valence-corrected chi connectivity index (χ1v) is 5.93. The van der Waals surface area contributed by atoms with Gasteiger partial charge in [0.25, 0.3) is 0 Å². The highest BCUT2D eigenvalue weighted by molar-refractivity contribution is 5.81. The maximum absolute atomic E-state index is 11.5. The maximum Gasteiger partial charge on any atom is 0.237 e. The summed E-state index contributed by atoms with van der Waals surface area (Å²) in [6.45, 7) is 5.34. The van der Waals surface area contributed by atoms with Crippen LogP contribution in [0.5, 0.6) is 0 Å². The molecule has 88 valence electrons. The highest BCUT2D eigenvalue weighted by Gasteiger charge is 2.20. The van der Waals surface area contributed by atoms with Crippen molar-refractivity contribution in [1.82, 2.24) is 10.6 Å². The van der Waals surface area contributed by atoms with Gasteiger partial charge < -0.3 is 15.4 Å². The molecule has 1 aliphatic heterocycles. The number of hydrogen-bond donors (Lipinski definition) is 2. The molecule has 4 heteroatoms. The van der Waals surface area contributed by atoms with Gasteiger partial charge in [-0.25, -0.2) is 0 Å². The summed E-state index contributed by atoms with van der Waals surface area (Å²) in [4.78, 5) is 11.5. The fourth-order valence-corrected chi connectivity index (χ4v) is 1.66. The van der Waals surface area contributed by atoms with Crippen molar-refractivity contribution in [3.63, 3.8) is 0 Å². The summed E-state index contributed by atoms with van der Waals surface area (Å²) in [6, 6.07) is 0.0431. The van der Waals surface area contributed by atoms with E-state index in [9.17, 15) is 4.79 Å². The zero-order chi connectivity index (χ0) is 10.9. The van der Waals surface area contributed by atoms with Crippen molar-refractivity contribution in [1.29, 1.82) is 0 Å². The molecule has 1 amide bonds. The Morgan fingerprint density at radius 3 is 3.07 bits per heavy atom. The highest BCUT2D eigenvalue weighted by Crippen LogP contribution is 2.04. The predicted molar refractivity (Wildman–Crippen MR) is 59.8 cm³/mol. The molecule has 1 rings (SSSR count). The van der Waals surface area contributed by atoms with Crippen LogP contribution in [0.25, 0.3) is 0 Å². The van der Waals surface area contributed by atoms with Crippen LogP contribution < -0.4 is 10.6 Å². The van der Waals surface area contributed by atoms with E-state index in [1.807, 2.05) is 0 Å². The van der Waals surface area contributed by atoms with Crippen LogP contribution in [0.2, 0.25) is 0 Å². The molecule has 1 atom stereocenters. The third-order valence-electron chi connectivity index (χ3n) is 2.49. The topological polar surface area (TPSA) is 50.4 Å². The molecule has 0 aromatic rings. The number of ether oxygens (including phenoxy) is 1. The molecule has 4 nitrogen and oxygen atoms in total. The molecular weight excluding hydrogens is 192 g/mol. The van der Waals surface area contributed by atoms with Crippen molar-refractivity contribution in [2.75, 3.05) is 26.3 Å². The minimum absolute atomic E-state index is 0.0431. The van der Waals surface area contributed by atoms with Gasteiger partial charge in [-0.3, -0.25) is 4.79 Å². The average molecular weight is 214 g/mol. The van der Waals surface area contributed by atoms with Crippen molar-refractivity contribution in [2.45, 2.75) is 38.6 Å². The fraction of sp³-hybridized carbons (Fsp3) is 0.909. The average Bonchev–Trinajstić information content (AvgIpc) is 2.76. The summed E-state index contributed by atoms with van der Waals surface area (Å²) in [5.41, 5.74) is 0. The second-order valence-corrected chi connectivity index (χ2v) is 3.91. The number of nitrogens with one attached hydrogen (secondary N) is 2. The van der Waals surface area contributed by atoms with Gasteiger partial charge in [0, 0.05) is 19.8 Å². The number of carbonyl (C=O) groups excluding carboxylic acids is 1. The van der Waals surface area contributed by atoms with Gasteiger partial charge in [0.2, 0.25) is 5.91 Å². The summed E-state index contributed by atoms with van der Waals surface area (Å²) >= 11 is 0. The van der Waals surface area contributed by atoms with Crippen LogP contribution >= 0.6 is 0 Å². The number of rotatable bonds is 7. The molecule has 1 fully saturated rings. The monoisotopic (exact) mass is 214 g/mol. The van der Waals surface area contributed by atoms with Gasteiger partial charge in [-0.2, -0.15) is 0 Å². The van der Waals surface area contributed by atoms with E-state index in [2.05, 4.69) is 17.6 Å². The van der Waals surface area contributed by atoms with Gasteiger partial charge in [0.15, 0.2) is 0 Å². The predicted octanol–water partition coefficient (Wildman–Crippen LogP) is 0.671. The Labute approximate surface area is 91.8 Å². The fourth-order valence-electron chi connectivity index (χ4n) is 1.66. The van der Waals surface area contributed by atoms with Gasteiger partial charge in [0.05, 0.1) is 6.04 Å². The van der Waals surface area contributed by atoms with E-state index in [0.29, 0.717) is 0 Å². The molecule has 15 heavy (non-hydrogen) atoms. The minimum Gasteiger partial charge on any atom is -0.381 e. The van der Waals surface area contributed by atoms with Crippen LogP contribution in [-0.4, -0.2) is 38.3 Å². The summed E-state index contributed by atoms with van der Waals surface area (Å²) in [6.07, 6.45) is 4.03. The zero-order valence-corrected chi connectivity index (χ0v) is 9.55. The summed E-state index contributed by atoms with van der Waals surface area (Å²) in [5, 5.41) is 6.09. The molecule has 0 saturated carbocycles. The second-order valence-electron chi connectivity index (χ2n) is 3.91. The van der Waals surface area contributed by atoms with Crippen LogP contribution in [0.15, 0.2) is 0 Å². The van der Waals surface area contributed by atoms with E-state index in [-0.39, 0.29) is 11.9 Å². The lowest BCUT2D eigenvalue weighted by Gasteiger charge is -2.10. The first-order chi connectivity index (χ1) is 7.34. The van der Waals surface area contributed by atoms with Gasteiger partial charge in [0.1, 0.15) is 0 Å². The highest BCUT2D eigenvalue weighted by atomic mass is 16.5. The van der Waals surface area contributed by atoms with Crippen LogP contribution in [0, 0.1) is 0 Å². The van der Waals surface area contributed by atoms with Crippen LogP contribution in [0.4, 0.5) is 0 Å². The van der Waals surface area contributed by atoms with Gasteiger partial charge in [-0.1, -0.05) is 6.92 Å². The molecule has 1 saturated heterocycles. The van der Waals surface area contributed by atoms with E-state index < -0.39 is 0 Å². The summed E-state index contributed by atoms with van der Waals surface area (Å²) in [7, 11) is 0. The van der Waals surface area contributed by atoms with Crippen LogP contribution in [0.3, 0.4) is 0 Å². The number of amides is 1. The Kier molecular flexibility index (Phi) is 6.36. The Hall–Kier alpha value is -0.610. The third kappa shape index (κ3) is 5.14. The molecule has 0 radical (unpaired) electrons. The van der Waals surface area contributed by atoms with E-state index in [1.54, 1.807) is 0 Å². The minimum atomic E-state index is 0.0431. The molecule has 0 aromatic heterocycles. The quantitative estimate of drug-likeness (QED) is 0.612. The molecule has 1 aliphatic rings. The standard InChI is InChI=1S/C11H22N2O2/c1-2-8-15-9-4-7-13-11(14)10-5-3-6-12-10/h10,12H,2-9H2,1H3,(H,13,14)/t10-/m0/s1. The zero-order valence-electron chi connectivity index (χ0n) is 9.55. The lowest BCUT2D eigenvalue weighted by atomic mass is 10.2. The molecular formula is C11H22N2O2. The lowest BCUT2D eigenvalue weighted by Crippen LogP contribution is -2.40. The lowest BCUT2D eigenvalue weighted by molar-refractivity contribution is -0.122. The third-order valence-corrected chi connectivity index (χ3v) is 2.49. The largest absolute Gasteiger partial charge is 0.381 e. The molecule has 0 aliphatic carbocycles. The normalized spacial score (nSPS) is 20.5. The van der Waals surface area contributed by atoms with Gasteiger partial charge in [-0.05, 0) is 32.2 Å². The van der Waals surface area contributed by atoms with Crippen molar-refractivity contribution in [3.8, 4) is 0 Å². The second kappa shape index (κ2) is 7.65. The van der Waals surface area contributed by atoms with Crippen LogP contribution in [0.1, 0.15) is 32.6 Å². The molecule has 1 heterocycles. The Balaban J connectivity index is 1.92. The van der Waals surface area contributed by atoms with E-state index in [0.717, 1.165) is 52.0 Å². The van der Waals surface area contributed by atoms with E-state index in [1.165, 1.54) is 0 Å². The van der Waals surface area contributed by atoms with Gasteiger partial charge in [-0.15, -0.1) is 0 Å². The molecule has 0 bridgehead atoms. The SMILES string of the molecule is CCCOCCCNC(=O)[C@@H]1CCCN1. The Bertz CT molecular complexity index is 179. The molecule has 2 N–H and O–H groups in total. The molecule has 0 spiro atoms. The van der Waals surface area contributed by atoms with Crippen molar-refractivity contribution in [2.24, 2.45) is 0 Å². The maximum atomic E-state index is 11.5. The first kappa shape index (κ1) is 12.5. The molecule has 0 unspecified atom stereocenters. The smallest absolute Gasteiger partial charge is 0.237 e. The number of hydrogen-bond acceptors (Lipinski definition) is 3. The molecule has 0 aromatic carbocycles.